The van der Waals surface area contributed by atoms with E-state index in [1.54, 1.807) is 38.1 Å². The normalized spacial score (nSPS) is 11.0. The number of aliphatic hydroxyl groups excluding tert-OH is 1. The van der Waals surface area contributed by atoms with Gasteiger partial charge < -0.3 is 19.5 Å². The zero-order chi connectivity index (χ0) is 20.6. The minimum Gasteiger partial charge on any atom is -0.489 e. The van der Waals surface area contributed by atoms with Gasteiger partial charge in [0.25, 0.3) is 5.91 Å². The van der Waals surface area contributed by atoms with Crippen LogP contribution in [0.3, 0.4) is 0 Å². The Balaban J connectivity index is 2.07. The number of benzene rings is 2. The van der Waals surface area contributed by atoms with Gasteiger partial charge in [-0.3, -0.25) is 9.59 Å². The van der Waals surface area contributed by atoms with Gasteiger partial charge >= 0.3 is 5.97 Å². The quantitative estimate of drug-likeness (QED) is 0.672. The summed E-state index contributed by atoms with van der Waals surface area (Å²) in [6.45, 7) is 3.87. The van der Waals surface area contributed by atoms with Crippen LogP contribution in [0, 0.1) is 0 Å². The molecule has 0 aliphatic heterocycles. The number of ether oxygens (including phenoxy) is 2. The van der Waals surface area contributed by atoms with Gasteiger partial charge in [0, 0.05) is 12.1 Å². The summed E-state index contributed by atoms with van der Waals surface area (Å²) in [6, 6.07) is 16.6. The van der Waals surface area contributed by atoms with Crippen LogP contribution in [0.1, 0.15) is 36.2 Å². The Morgan fingerprint density at radius 3 is 2.25 bits per heavy atom. The number of rotatable bonds is 9. The van der Waals surface area contributed by atoms with E-state index in [1.807, 2.05) is 30.3 Å². The summed E-state index contributed by atoms with van der Waals surface area (Å²) in [5.41, 5.74) is 0.702. The Morgan fingerprint density at radius 2 is 1.68 bits per heavy atom. The standard InChI is InChI=1S/C22H27NO5/c1-22(2,16-24)23(14-13-20(25)27-3)21(26)18-9-11-19(12-10-18)28-15-17-7-5-4-6-8-17/h4-12,24H,13-16H2,1-3H3. The predicted octanol–water partition coefficient (Wildman–Crippen LogP) is 3.04. The molecule has 0 unspecified atom stereocenters. The Kier molecular flexibility index (Phi) is 7.58. The molecule has 0 atom stereocenters. The van der Waals surface area contributed by atoms with Crippen LogP contribution >= 0.6 is 0 Å². The van der Waals surface area contributed by atoms with E-state index < -0.39 is 11.5 Å². The minimum atomic E-state index is -0.812. The van der Waals surface area contributed by atoms with E-state index in [1.165, 1.54) is 12.0 Å². The Hall–Kier alpha value is -2.86. The Morgan fingerprint density at radius 1 is 1.04 bits per heavy atom. The fraction of sp³-hybridized carbons (Fsp3) is 0.364. The van der Waals surface area contributed by atoms with Crippen LogP contribution in [0.2, 0.25) is 0 Å². The molecule has 0 radical (unpaired) electrons. The molecule has 2 rings (SSSR count). The molecule has 0 aliphatic carbocycles. The molecule has 0 bridgehead atoms. The number of carbonyl (C=O) groups excluding carboxylic acids is 2. The first-order valence-corrected chi connectivity index (χ1v) is 9.14. The van der Waals surface area contributed by atoms with Crippen LogP contribution in [-0.4, -0.2) is 47.7 Å². The second-order valence-electron chi connectivity index (χ2n) is 7.05. The highest BCUT2D eigenvalue weighted by atomic mass is 16.5. The zero-order valence-electron chi connectivity index (χ0n) is 16.6. The molecule has 0 aromatic heterocycles. The maximum Gasteiger partial charge on any atom is 0.307 e. The highest BCUT2D eigenvalue weighted by molar-refractivity contribution is 5.95. The van der Waals surface area contributed by atoms with Crippen molar-refractivity contribution in [1.29, 1.82) is 0 Å². The highest BCUT2D eigenvalue weighted by Gasteiger charge is 2.31. The largest absolute Gasteiger partial charge is 0.489 e. The van der Waals surface area contributed by atoms with Gasteiger partial charge in [-0.25, -0.2) is 0 Å². The summed E-state index contributed by atoms with van der Waals surface area (Å²) in [5, 5.41) is 9.67. The van der Waals surface area contributed by atoms with E-state index >= 15 is 0 Å². The van der Waals surface area contributed by atoms with Crippen LogP contribution in [0.25, 0.3) is 0 Å². The van der Waals surface area contributed by atoms with Crippen molar-refractivity contribution in [2.75, 3.05) is 20.3 Å². The van der Waals surface area contributed by atoms with Crippen LogP contribution in [-0.2, 0) is 16.1 Å². The maximum absolute atomic E-state index is 13.0. The molecule has 0 saturated heterocycles. The zero-order valence-corrected chi connectivity index (χ0v) is 16.6. The summed E-state index contributed by atoms with van der Waals surface area (Å²) in [4.78, 5) is 25.9. The summed E-state index contributed by atoms with van der Waals surface area (Å²) in [6.07, 6.45) is 0.0595. The first-order valence-electron chi connectivity index (χ1n) is 9.14. The van der Waals surface area contributed by atoms with E-state index in [0.29, 0.717) is 17.9 Å². The summed E-state index contributed by atoms with van der Waals surface area (Å²) in [5.74, 6) is -0.0169. The lowest BCUT2D eigenvalue weighted by molar-refractivity contribution is -0.141. The molecule has 2 aromatic rings. The second kappa shape index (κ2) is 9.90. The lowest BCUT2D eigenvalue weighted by Crippen LogP contribution is -2.51. The van der Waals surface area contributed by atoms with Crippen LogP contribution in [0.15, 0.2) is 54.6 Å². The van der Waals surface area contributed by atoms with Gasteiger partial charge in [-0.2, -0.15) is 0 Å². The van der Waals surface area contributed by atoms with Gasteiger partial charge in [0.1, 0.15) is 12.4 Å². The molecule has 2 aromatic carbocycles. The van der Waals surface area contributed by atoms with Crippen molar-refractivity contribution in [3.8, 4) is 5.75 Å². The SMILES string of the molecule is COC(=O)CCN(C(=O)c1ccc(OCc2ccccc2)cc1)C(C)(C)CO. The molecule has 0 saturated carbocycles. The Labute approximate surface area is 165 Å². The number of hydrogen-bond donors (Lipinski definition) is 1. The maximum atomic E-state index is 13.0. The number of aliphatic hydroxyl groups is 1. The number of nitrogens with zero attached hydrogens (tertiary/aromatic N) is 1. The fourth-order valence-corrected chi connectivity index (χ4v) is 2.66. The molecule has 6 nitrogen and oxygen atoms in total. The van der Waals surface area contributed by atoms with Crippen molar-refractivity contribution in [3.63, 3.8) is 0 Å². The van der Waals surface area contributed by atoms with Gasteiger partial charge in [0.2, 0.25) is 0 Å². The summed E-state index contributed by atoms with van der Waals surface area (Å²) < 4.78 is 10.4. The number of amides is 1. The first kappa shape index (κ1) is 21.4. The highest BCUT2D eigenvalue weighted by Crippen LogP contribution is 2.21. The third kappa shape index (κ3) is 5.82. The smallest absolute Gasteiger partial charge is 0.307 e. The molecule has 0 heterocycles. The number of methoxy groups -OCH3 is 1. The average Bonchev–Trinajstić information content (AvgIpc) is 2.73. The monoisotopic (exact) mass is 385 g/mol. The van der Waals surface area contributed by atoms with Crippen molar-refractivity contribution < 1.29 is 24.2 Å². The van der Waals surface area contributed by atoms with Crippen LogP contribution in [0.5, 0.6) is 5.75 Å². The van der Waals surface area contributed by atoms with Crippen LogP contribution in [0.4, 0.5) is 0 Å². The molecular weight excluding hydrogens is 358 g/mol. The van der Waals surface area contributed by atoms with Gasteiger partial charge in [-0.1, -0.05) is 30.3 Å². The molecule has 6 heteroatoms. The molecule has 150 valence electrons. The van der Waals surface area contributed by atoms with E-state index in [0.717, 1.165) is 5.56 Å². The summed E-state index contributed by atoms with van der Waals surface area (Å²) in [7, 11) is 1.31. The topological polar surface area (TPSA) is 76.1 Å². The number of carbonyl (C=O) groups is 2. The average molecular weight is 385 g/mol. The van der Waals surface area contributed by atoms with Crippen molar-refractivity contribution in [2.24, 2.45) is 0 Å². The molecule has 1 amide bonds. The molecule has 0 spiro atoms. The van der Waals surface area contributed by atoms with Gasteiger partial charge in [0.05, 0.1) is 25.7 Å². The molecule has 0 aliphatic rings. The van der Waals surface area contributed by atoms with Crippen molar-refractivity contribution in [3.05, 3.63) is 65.7 Å². The van der Waals surface area contributed by atoms with E-state index in [2.05, 4.69) is 4.74 Å². The third-order valence-electron chi connectivity index (χ3n) is 4.48. The lowest BCUT2D eigenvalue weighted by Gasteiger charge is -2.37. The van der Waals surface area contributed by atoms with Gasteiger partial charge in [-0.15, -0.1) is 0 Å². The lowest BCUT2D eigenvalue weighted by atomic mass is 10.0. The van der Waals surface area contributed by atoms with Crippen LogP contribution < -0.4 is 4.74 Å². The van der Waals surface area contributed by atoms with Crippen molar-refractivity contribution in [1.82, 2.24) is 4.90 Å². The molecule has 28 heavy (non-hydrogen) atoms. The second-order valence-corrected chi connectivity index (χ2v) is 7.05. The minimum absolute atomic E-state index is 0.0595. The van der Waals surface area contributed by atoms with Crippen molar-refractivity contribution in [2.45, 2.75) is 32.4 Å². The number of esters is 1. The van der Waals surface area contributed by atoms with E-state index in [9.17, 15) is 14.7 Å². The van der Waals surface area contributed by atoms with E-state index in [4.69, 9.17) is 4.74 Å². The fourth-order valence-electron chi connectivity index (χ4n) is 2.66. The van der Waals surface area contributed by atoms with Gasteiger partial charge in [0.15, 0.2) is 0 Å². The number of hydrogen-bond acceptors (Lipinski definition) is 5. The van der Waals surface area contributed by atoms with E-state index in [-0.39, 0.29) is 25.5 Å². The summed E-state index contributed by atoms with van der Waals surface area (Å²) >= 11 is 0. The van der Waals surface area contributed by atoms with Crippen molar-refractivity contribution >= 4 is 11.9 Å². The third-order valence-corrected chi connectivity index (χ3v) is 4.48. The first-order chi connectivity index (χ1) is 13.4. The molecular formula is C22H27NO5. The Bertz CT molecular complexity index is 771. The predicted molar refractivity (Wildman–Crippen MR) is 106 cm³/mol. The van der Waals surface area contributed by atoms with Gasteiger partial charge in [-0.05, 0) is 43.7 Å². The molecule has 1 N–H and O–H groups in total. The molecule has 0 fully saturated rings.